The van der Waals surface area contributed by atoms with Crippen LogP contribution in [0, 0.1) is 11.2 Å². The van der Waals surface area contributed by atoms with E-state index >= 15 is 0 Å². The van der Waals surface area contributed by atoms with Crippen LogP contribution < -0.4 is 5.56 Å². The Labute approximate surface area is 154 Å². The summed E-state index contributed by atoms with van der Waals surface area (Å²) in [6, 6.07) is 4.86. The van der Waals surface area contributed by atoms with Crippen molar-refractivity contribution in [2.24, 2.45) is 5.41 Å². The van der Waals surface area contributed by atoms with Crippen LogP contribution in [0.5, 0.6) is 0 Å². The van der Waals surface area contributed by atoms with Crippen LogP contribution in [0.4, 0.5) is 4.39 Å². The zero-order valence-corrected chi connectivity index (χ0v) is 14.9. The minimum atomic E-state index is -1.44. The number of piperidine rings is 1. The number of H-pyrrole nitrogens is 1. The largest absolute Gasteiger partial charge is 0.481 e. The van der Waals surface area contributed by atoms with Crippen LogP contribution in [0.15, 0.2) is 29.1 Å². The summed E-state index contributed by atoms with van der Waals surface area (Å²) in [6.07, 6.45) is -0.148. The van der Waals surface area contributed by atoms with E-state index < -0.39 is 34.8 Å². The average molecular weight is 376 g/mol. The zero-order chi connectivity index (χ0) is 19.8. The number of nitrogens with zero attached hydrogens (tertiary/aromatic N) is 1. The first-order chi connectivity index (χ1) is 12.8. The molecule has 27 heavy (non-hydrogen) atoms. The number of carbonyl (C=O) groups excluding carboxylic acids is 1. The molecule has 1 aromatic carbocycles. The van der Waals surface area contributed by atoms with Gasteiger partial charge in [0, 0.05) is 24.5 Å². The van der Waals surface area contributed by atoms with Crippen molar-refractivity contribution in [3.05, 3.63) is 46.0 Å². The molecule has 1 amide bonds. The summed E-state index contributed by atoms with van der Waals surface area (Å²) in [6.45, 7) is 1.84. The number of hydrogen-bond acceptors (Lipinski definition) is 4. The van der Waals surface area contributed by atoms with Gasteiger partial charge in [-0.25, -0.2) is 4.39 Å². The van der Waals surface area contributed by atoms with Crippen LogP contribution in [-0.4, -0.2) is 51.2 Å². The number of aliphatic carboxylic acids is 1. The summed E-state index contributed by atoms with van der Waals surface area (Å²) in [5, 5.41) is 20.4. The molecule has 8 heteroatoms. The molecule has 3 N–H and O–H groups in total. The lowest BCUT2D eigenvalue weighted by atomic mass is 9.74. The van der Waals surface area contributed by atoms with Gasteiger partial charge in [0.1, 0.15) is 11.2 Å². The highest BCUT2D eigenvalue weighted by atomic mass is 19.1. The Hall–Kier alpha value is -2.74. The summed E-state index contributed by atoms with van der Waals surface area (Å²) in [5.41, 5.74) is -1.71. The minimum absolute atomic E-state index is 0.0842. The predicted octanol–water partition coefficient (Wildman–Crippen LogP) is 1.75. The van der Waals surface area contributed by atoms with Gasteiger partial charge in [0.25, 0.3) is 5.91 Å². The maximum Gasteiger partial charge on any atom is 0.314 e. The lowest BCUT2D eigenvalue weighted by Crippen LogP contribution is -2.57. The third-order valence-corrected chi connectivity index (χ3v) is 5.23. The Morgan fingerprint density at radius 1 is 1.37 bits per heavy atom. The molecule has 1 aliphatic heterocycles. The zero-order valence-electron chi connectivity index (χ0n) is 14.9. The Kier molecular flexibility index (Phi) is 5.01. The number of amides is 1. The quantitative estimate of drug-likeness (QED) is 0.753. The summed E-state index contributed by atoms with van der Waals surface area (Å²) in [7, 11) is 0. The van der Waals surface area contributed by atoms with Crippen molar-refractivity contribution >= 4 is 22.8 Å². The normalized spacial score (nSPS) is 22.8. The molecule has 0 unspecified atom stereocenters. The second kappa shape index (κ2) is 7.11. The standard InChI is InChI=1S/C19H21FN2O5/c1-2-6-19(18(26)27)10-22(7-5-15(19)23)17(25)13-9-16(24)21-14-8-11(20)3-4-12(13)14/h3-4,8-9,15,23H,2,5-7,10H2,1H3,(H,21,24)(H,26,27)/t15-,19-/m0/s1. The second-order valence-electron chi connectivity index (χ2n) is 6.98. The first-order valence-corrected chi connectivity index (χ1v) is 8.82. The molecule has 144 valence electrons. The van der Waals surface area contributed by atoms with Crippen LogP contribution >= 0.6 is 0 Å². The fourth-order valence-electron chi connectivity index (χ4n) is 3.84. The molecule has 2 atom stereocenters. The number of aromatic amines is 1. The summed E-state index contributed by atoms with van der Waals surface area (Å²) in [5.74, 6) is -2.20. The number of carbonyl (C=O) groups is 2. The third kappa shape index (κ3) is 3.32. The van der Waals surface area contributed by atoms with Crippen LogP contribution in [0.3, 0.4) is 0 Å². The van der Waals surface area contributed by atoms with Gasteiger partial charge in [0.15, 0.2) is 0 Å². The maximum absolute atomic E-state index is 13.5. The highest BCUT2D eigenvalue weighted by molar-refractivity contribution is 6.06. The summed E-state index contributed by atoms with van der Waals surface area (Å²) in [4.78, 5) is 40.7. The number of nitrogens with one attached hydrogen (secondary N) is 1. The number of likely N-dealkylation sites (tertiary alicyclic amines) is 1. The molecule has 0 aliphatic carbocycles. The number of aliphatic hydroxyl groups excluding tert-OH is 1. The van der Waals surface area contributed by atoms with Gasteiger partial charge in [-0.2, -0.15) is 0 Å². The minimum Gasteiger partial charge on any atom is -0.481 e. The number of aromatic nitrogens is 1. The molecule has 1 fully saturated rings. The molecule has 0 saturated carbocycles. The van der Waals surface area contributed by atoms with Crippen LogP contribution in [0.1, 0.15) is 36.5 Å². The first kappa shape index (κ1) is 19.0. The number of pyridine rings is 1. The fraction of sp³-hybridized carbons (Fsp3) is 0.421. The molecule has 7 nitrogen and oxygen atoms in total. The summed E-state index contributed by atoms with van der Waals surface area (Å²) >= 11 is 0. The van der Waals surface area contributed by atoms with Gasteiger partial charge in [-0.3, -0.25) is 14.4 Å². The van der Waals surface area contributed by atoms with E-state index in [0.29, 0.717) is 11.8 Å². The van der Waals surface area contributed by atoms with E-state index in [4.69, 9.17) is 0 Å². The number of carboxylic acids is 1. The van der Waals surface area contributed by atoms with E-state index in [1.54, 1.807) is 0 Å². The van der Waals surface area contributed by atoms with Crippen LogP contribution in [-0.2, 0) is 4.79 Å². The highest BCUT2D eigenvalue weighted by Gasteiger charge is 2.49. The van der Waals surface area contributed by atoms with E-state index in [-0.39, 0.29) is 37.0 Å². The van der Waals surface area contributed by atoms with E-state index in [9.17, 15) is 29.0 Å². The van der Waals surface area contributed by atoms with Gasteiger partial charge in [-0.15, -0.1) is 0 Å². The average Bonchev–Trinajstić information content (AvgIpc) is 2.61. The molecule has 0 bridgehead atoms. The number of rotatable bonds is 4. The van der Waals surface area contributed by atoms with Crippen molar-refractivity contribution in [1.29, 1.82) is 0 Å². The number of halogens is 1. The Balaban J connectivity index is 2.02. The SMILES string of the molecule is CCC[C@]1(C(=O)O)CN(C(=O)c2cc(=O)[nH]c3cc(F)ccc23)CC[C@@H]1O. The Bertz CT molecular complexity index is 957. The molecule has 3 rings (SSSR count). The van der Waals surface area contributed by atoms with Gasteiger partial charge >= 0.3 is 5.97 Å². The van der Waals surface area contributed by atoms with Gasteiger partial charge < -0.3 is 20.1 Å². The van der Waals surface area contributed by atoms with E-state index in [1.807, 2.05) is 6.92 Å². The Morgan fingerprint density at radius 3 is 2.78 bits per heavy atom. The molecule has 1 saturated heterocycles. The van der Waals surface area contributed by atoms with Crippen molar-refractivity contribution in [3.8, 4) is 0 Å². The lowest BCUT2D eigenvalue weighted by Gasteiger charge is -2.43. The molecular weight excluding hydrogens is 355 g/mol. The van der Waals surface area contributed by atoms with Crippen LogP contribution in [0.25, 0.3) is 10.9 Å². The predicted molar refractivity (Wildman–Crippen MR) is 96.0 cm³/mol. The monoisotopic (exact) mass is 376 g/mol. The molecule has 2 aromatic rings. The number of fused-ring (bicyclic) bond motifs is 1. The summed E-state index contributed by atoms with van der Waals surface area (Å²) < 4.78 is 13.5. The molecule has 1 aliphatic rings. The van der Waals surface area contributed by atoms with E-state index in [1.165, 1.54) is 17.0 Å². The highest BCUT2D eigenvalue weighted by Crippen LogP contribution is 2.36. The van der Waals surface area contributed by atoms with Gasteiger partial charge in [-0.05, 0) is 31.0 Å². The van der Waals surface area contributed by atoms with Crippen molar-refractivity contribution in [2.75, 3.05) is 13.1 Å². The topological polar surface area (TPSA) is 111 Å². The first-order valence-electron chi connectivity index (χ1n) is 8.82. The van der Waals surface area contributed by atoms with Crippen molar-refractivity contribution in [1.82, 2.24) is 9.88 Å². The molecule has 2 heterocycles. The van der Waals surface area contributed by atoms with Crippen LogP contribution in [0.2, 0.25) is 0 Å². The van der Waals surface area contributed by atoms with Crippen molar-refractivity contribution in [3.63, 3.8) is 0 Å². The fourth-order valence-corrected chi connectivity index (χ4v) is 3.84. The maximum atomic E-state index is 13.5. The van der Waals surface area contributed by atoms with E-state index in [2.05, 4.69) is 4.98 Å². The van der Waals surface area contributed by atoms with Crippen molar-refractivity contribution < 1.29 is 24.2 Å². The smallest absolute Gasteiger partial charge is 0.314 e. The van der Waals surface area contributed by atoms with Crippen molar-refractivity contribution in [2.45, 2.75) is 32.3 Å². The third-order valence-electron chi connectivity index (χ3n) is 5.23. The second-order valence-corrected chi connectivity index (χ2v) is 6.98. The number of aliphatic hydroxyl groups is 1. The van der Waals surface area contributed by atoms with E-state index in [0.717, 1.165) is 12.1 Å². The molecule has 1 aromatic heterocycles. The number of hydrogen-bond donors (Lipinski definition) is 3. The molecule has 0 radical (unpaired) electrons. The lowest BCUT2D eigenvalue weighted by molar-refractivity contribution is -0.162. The van der Waals surface area contributed by atoms with Gasteiger partial charge in [0.2, 0.25) is 5.56 Å². The Morgan fingerprint density at radius 2 is 2.11 bits per heavy atom. The number of benzene rings is 1. The van der Waals surface area contributed by atoms with Gasteiger partial charge in [0.05, 0.1) is 17.2 Å². The molecule has 0 spiro atoms. The molecular formula is C19H21FN2O5. The number of carboxylic acid groups (broad SMARTS) is 1. The van der Waals surface area contributed by atoms with Gasteiger partial charge in [-0.1, -0.05) is 13.3 Å².